The van der Waals surface area contributed by atoms with Gasteiger partial charge in [0, 0.05) is 11.0 Å². The number of rotatable bonds is 2. The first-order valence-electron chi connectivity index (χ1n) is 5.91. The Bertz CT molecular complexity index is 450. The Kier molecular flexibility index (Phi) is 4.79. The van der Waals surface area contributed by atoms with Crippen LogP contribution in [0.25, 0.3) is 0 Å². The van der Waals surface area contributed by atoms with E-state index in [9.17, 15) is 4.79 Å². The number of amides is 1. The van der Waals surface area contributed by atoms with E-state index in [2.05, 4.69) is 33.4 Å². The van der Waals surface area contributed by atoms with E-state index in [1.165, 1.54) is 0 Å². The second-order valence-electron chi connectivity index (χ2n) is 5.38. The first-order chi connectivity index (χ1) is 8.19. The van der Waals surface area contributed by atoms with Crippen molar-refractivity contribution in [2.75, 3.05) is 0 Å². The van der Waals surface area contributed by atoms with Crippen molar-refractivity contribution in [3.05, 3.63) is 33.3 Å². The normalized spacial score (nSPS) is 11.2. The van der Waals surface area contributed by atoms with Crippen LogP contribution < -0.4 is 5.32 Å². The van der Waals surface area contributed by atoms with Gasteiger partial charge in [-0.1, -0.05) is 22.0 Å². The third-order valence-electron chi connectivity index (χ3n) is 2.44. The van der Waals surface area contributed by atoms with Crippen molar-refractivity contribution < 1.29 is 9.53 Å². The van der Waals surface area contributed by atoms with Crippen LogP contribution in [0, 0.1) is 13.8 Å². The molecule has 1 amide bonds. The lowest BCUT2D eigenvalue weighted by atomic mass is 10.1. The Morgan fingerprint density at radius 2 is 1.89 bits per heavy atom. The predicted molar refractivity (Wildman–Crippen MR) is 76.7 cm³/mol. The highest BCUT2D eigenvalue weighted by atomic mass is 79.9. The lowest BCUT2D eigenvalue weighted by Crippen LogP contribution is -2.32. The van der Waals surface area contributed by atoms with Crippen molar-refractivity contribution in [1.82, 2.24) is 5.32 Å². The number of aryl methyl sites for hydroxylation is 2. The van der Waals surface area contributed by atoms with Crippen molar-refractivity contribution in [2.24, 2.45) is 0 Å². The molecular formula is C14H20BrNO2. The summed E-state index contributed by atoms with van der Waals surface area (Å²) in [6.45, 7) is 10.1. The largest absolute Gasteiger partial charge is 0.444 e. The van der Waals surface area contributed by atoms with Crippen LogP contribution in [0.15, 0.2) is 16.6 Å². The fourth-order valence-electron chi connectivity index (χ4n) is 1.51. The van der Waals surface area contributed by atoms with Gasteiger partial charge in [0.15, 0.2) is 0 Å². The zero-order valence-electron chi connectivity index (χ0n) is 11.6. The second-order valence-corrected chi connectivity index (χ2v) is 6.24. The van der Waals surface area contributed by atoms with E-state index in [0.717, 1.165) is 21.2 Å². The molecule has 0 atom stereocenters. The Morgan fingerprint density at radius 3 is 2.44 bits per heavy atom. The quantitative estimate of drug-likeness (QED) is 0.893. The molecule has 100 valence electrons. The SMILES string of the molecule is Cc1cc(CNC(=O)OC(C)(C)C)c(C)cc1Br. The zero-order valence-corrected chi connectivity index (χ0v) is 13.1. The predicted octanol–water partition coefficient (Wildman–Crippen LogP) is 4.09. The van der Waals surface area contributed by atoms with Crippen LogP contribution in [0.4, 0.5) is 4.79 Å². The topological polar surface area (TPSA) is 38.3 Å². The molecule has 3 nitrogen and oxygen atoms in total. The molecule has 0 bridgehead atoms. The molecule has 1 aromatic carbocycles. The summed E-state index contributed by atoms with van der Waals surface area (Å²) in [5.41, 5.74) is 2.93. The molecule has 0 saturated carbocycles. The number of alkyl carbamates (subject to hydrolysis) is 1. The molecule has 18 heavy (non-hydrogen) atoms. The summed E-state index contributed by atoms with van der Waals surface area (Å²) in [4.78, 5) is 11.6. The Hall–Kier alpha value is -1.03. The molecule has 0 aliphatic heterocycles. The van der Waals surface area contributed by atoms with Gasteiger partial charge in [-0.05, 0) is 57.4 Å². The maximum atomic E-state index is 11.6. The van der Waals surface area contributed by atoms with Gasteiger partial charge in [0.1, 0.15) is 5.60 Å². The van der Waals surface area contributed by atoms with Crippen LogP contribution in [-0.4, -0.2) is 11.7 Å². The Morgan fingerprint density at radius 1 is 1.28 bits per heavy atom. The number of benzene rings is 1. The molecule has 4 heteroatoms. The van der Waals surface area contributed by atoms with E-state index in [-0.39, 0.29) is 6.09 Å². The van der Waals surface area contributed by atoms with Crippen molar-refractivity contribution in [2.45, 2.75) is 46.8 Å². The summed E-state index contributed by atoms with van der Waals surface area (Å²) in [5.74, 6) is 0. The molecular weight excluding hydrogens is 294 g/mol. The van der Waals surface area contributed by atoms with Gasteiger partial charge in [-0.3, -0.25) is 0 Å². The Balaban J connectivity index is 2.64. The summed E-state index contributed by atoms with van der Waals surface area (Å²) in [5, 5.41) is 2.77. The van der Waals surface area contributed by atoms with E-state index in [1.54, 1.807) is 0 Å². The maximum Gasteiger partial charge on any atom is 0.407 e. The third kappa shape index (κ3) is 4.69. The van der Waals surface area contributed by atoms with Gasteiger partial charge >= 0.3 is 6.09 Å². The summed E-state index contributed by atoms with van der Waals surface area (Å²) in [6, 6.07) is 4.12. The van der Waals surface area contributed by atoms with E-state index >= 15 is 0 Å². The summed E-state index contributed by atoms with van der Waals surface area (Å²) in [6.07, 6.45) is -0.387. The van der Waals surface area contributed by atoms with Crippen LogP contribution in [0.3, 0.4) is 0 Å². The zero-order chi connectivity index (χ0) is 13.9. The number of nitrogens with one attached hydrogen (secondary N) is 1. The van der Waals surface area contributed by atoms with Crippen molar-refractivity contribution in [3.8, 4) is 0 Å². The fourth-order valence-corrected chi connectivity index (χ4v) is 1.97. The summed E-state index contributed by atoms with van der Waals surface area (Å²) in [7, 11) is 0. The number of ether oxygens (including phenoxy) is 1. The number of halogens is 1. The molecule has 0 heterocycles. The van der Waals surface area contributed by atoms with Gasteiger partial charge in [0.25, 0.3) is 0 Å². The molecule has 0 saturated heterocycles. The summed E-state index contributed by atoms with van der Waals surface area (Å²) >= 11 is 3.49. The first kappa shape index (κ1) is 15.0. The molecule has 0 fully saturated rings. The summed E-state index contributed by atoms with van der Waals surface area (Å²) < 4.78 is 6.28. The van der Waals surface area contributed by atoms with Crippen LogP contribution in [0.1, 0.15) is 37.5 Å². The van der Waals surface area contributed by atoms with E-state index in [4.69, 9.17) is 4.74 Å². The number of carbonyl (C=O) groups excluding carboxylic acids is 1. The smallest absolute Gasteiger partial charge is 0.407 e. The molecule has 0 aliphatic rings. The number of hydrogen-bond acceptors (Lipinski definition) is 2. The van der Waals surface area contributed by atoms with Crippen LogP contribution in [0.5, 0.6) is 0 Å². The van der Waals surface area contributed by atoms with Crippen molar-refractivity contribution in [1.29, 1.82) is 0 Å². The minimum absolute atomic E-state index is 0.387. The monoisotopic (exact) mass is 313 g/mol. The molecule has 1 N–H and O–H groups in total. The minimum Gasteiger partial charge on any atom is -0.444 e. The van der Waals surface area contributed by atoms with Crippen LogP contribution in [0.2, 0.25) is 0 Å². The highest BCUT2D eigenvalue weighted by Crippen LogP contribution is 2.21. The molecule has 0 unspecified atom stereocenters. The number of carbonyl (C=O) groups is 1. The average molecular weight is 314 g/mol. The highest BCUT2D eigenvalue weighted by Gasteiger charge is 2.16. The minimum atomic E-state index is -0.464. The van der Waals surface area contributed by atoms with Crippen molar-refractivity contribution >= 4 is 22.0 Å². The maximum absolute atomic E-state index is 11.6. The van der Waals surface area contributed by atoms with E-state index < -0.39 is 5.60 Å². The molecule has 1 aromatic rings. The average Bonchev–Trinajstić information content (AvgIpc) is 2.19. The Labute approximate surface area is 117 Å². The van der Waals surface area contributed by atoms with Gasteiger partial charge in [-0.2, -0.15) is 0 Å². The highest BCUT2D eigenvalue weighted by molar-refractivity contribution is 9.10. The van der Waals surface area contributed by atoms with Gasteiger partial charge in [-0.15, -0.1) is 0 Å². The molecule has 0 aliphatic carbocycles. The van der Waals surface area contributed by atoms with Gasteiger partial charge in [0.05, 0.1) is 0 Å². The molecule has 1 rings (SSSR count). The van der Waals surface area contributed by atoms with Gasteiger partial charge in [0.2, 0.25) is 0 Å². The van der Waals surface area contributed by atoms with Crippen LogP contribution >= 0.6 is 15.9 Å². The molecule has 0 spiro atoms. The van der Waals surface area contributed by atoms with Crippen LogP contribution in [-0.2, 0) is 11.3 Å². The second kappa shape index (κ2) is 5.74. The lowest BCUT2D eigenvalue weighted by Gasteiger charge is -2.20. The molecule has 0 radical (unpaired) electrons. The van der Waals surface area contributed by atoms with Crippen molar-refractivity contribution in [3.63, 3.8) is 0 Å². The first-order valence-corrected chi connectivity index (χ1v) is 6.71. The number of hydrogen-bond donors (Lipinski definition) is 1. The standard InChI is InChI=1S/C14H20BrNO2/c1-9-7-12(15)10(2)6-11(9)8-16-13(17)18-14(3,4)5/h6-7H,8H2,1-5H3,(H,16,17). The van der Waals surface area contributed by atoms with E-state index in [1.807, 2.05) is 34.6 Å². The molecule has 0 aromatic heterocycles. The third-order valence-corrected chi connectivity index (χ3v) is 3.29. The van der Waals surface area contributed by atoms with Gasteiger partial charge in [-0.25, -0.2) is 4.79 Å². The fraction of sp³-hybridized carbons (Fsp3) is 0.500. The van der Waals surface area contributed by atoms with Gasteiger partial charge < -0.3 is 10.1 Å². The lowest BCUT2D eigenvalue weighted by molar-refractivity contribution is 0.0523. The van der Waals surface area contributed by atoms with E-state index in [0.29, 0.717) is 6.54 Å².